The van der Waals surface area contributed by atoms with E-state index in [-0.39, 0.29) is 29.3 Å². The molecule has 1 atom stereocenters. The molecule has 0 saturated carbocycles. The van der Waals surface area contributed by atoms with Crippen LogP contribution < -0.4 is 9.97 Å². The van der Waals surface area contributed by atoms with Gasteiger partial charge in [-0.25, -0.2) is 4.79 Å². The number of ketones is 1. The van der Waals surface area contributed by atoms with Crippen molar-refractivity contribution in [3.8, 4) is 5.75 Å². The zero-order valence-electron chi connectivity index (χ0n) is 14.1. The van der Waals surface area contributed by atoms with Crippen LogP contribution in [0.5, 0.6) is 5.75 Å². The number of rotatable bonds is 6. The normalized spacial score (nSPS) is 20.7. The molecule has 0 radical (unpaired) electrons. The van der Waals surface area contributed by atoms with Crippen molar-refractivity contribution < 1.29 is 24.4 Å². The molecule has 0 unspecified atom stereocenters. The van der Waals surface area contributed by atoms with E-state index >= 15 is 0 Å². The smallest absolute Gasteiger partial charge is 0.526 e. The van der Waals surface area contributed by atoms with Gasteiger partial charge in [0.1, 0.15) is 11.5 Å². The Morgan fingerprint density at radius 1 is 1.32 bits per heavy atom. The molecule has 134 valence electrons. The van der Waals surface area contributed by atoms with Crippen molar-refractivity contribution in [2.75, 3.05) is 32.7 Å². The average molecular weight is 346 g/mol. The molecular formula is C17H23BN2O5. The van der Waals surface area contributed by atoms with Crippen LogP contribution in [-0.4, -0.2) is 66.6 Å². The van der Waals surface area contributed by atoms with E-state index in [9.17, 15) is 19.7 Å². The molecule has 3 rings (SSSR count). The summed E-state index contributed by atoms with van der Waals surface area (Å²) in [6.45, 7) is 4.55. The van der Waals surface area contributed by atoms with Crippen LogP contribution in [0.15, 0.2) is 18.2 Å². The van der Waals surface area contributed by atoms with Crippen LogP contribution in [0, 0.1) is 0 Å². The van der Waals surface area contributed by atoms with Crippen molar-refractivity contribution >= 4 is 18.9 Å². The van der Waals surface area contributed by atoms with Crippen LogP contribution >= 0.6 is 0 Å². The third-order valence-corrected chi connectivity index (χ3v) is 4.86. The number of benzene rings is 1. The molecule has 25 heavy (non-hydrogen) atoms. The summed E-state index contributed by atoms with van der Waals surface area (Å²) >= 11 is 0. The topological polar surface area (TPSA) is 99.1 Å². The predicted octanol–water partition coefficient (Wildman–Crippen LogP) is 0.425. The Labute approximate surface area is 147 Å². The lowest BCUT2D eigenvalue weighted by molar-refractivity contribution is -0.119. The van der Waals surface area contributed by atoms with Gasteiger partial charge in [0, 0.05) is 51.4 Å². The number of carbonyl (C=O) groups excluding carboxylic acids is 1. The summed E-state index contributed by atoms with van der Waals surface area (Å²) in [5.74, 6) is -1.11. The molecular weight excluding hydrogens is 323 g/mol. The van der Waals surface area contributed by atoms with Crippen molar-refractivity contribution in [1.82, 2.24) is 10.2 Å². The number of fused-ring (bicyclic) bond motifs is 1. The maximum absolute atomic E-state index is 12.3. The van der Waals surface area contributed by atoms with Gasteiger partial charge in [-0.3, -0.25) is 4.79 Å². The summed E-state index contributed by atoms with van der Waals surface area (Å²) in [4.78, 5) is 25.8. The molecule has 7 nitrogen and oxygen atoms in total. The molecule has 0 aromatic heterocycles. The quantitative estimate of drug-likeness (QED) is 0.642. The maximum Gasteiger partial charge on any atom is 0.526 e. The third kappa shape index (κ3) is 4.39. The Kier molecular flexibility index (Phi) is 5.72. The minimum Gasteiger partial charge on any atom is -0.535 e. The van der Waals surface area contributed by atoms with Gasteiger partial charge in [0.15, 0.2) is 0 Å². The highest BCUT2D eigenvalue weighted by Crippen LogP contribution is 2.36. The molecule has 1 fully saturated rings. The first-order chi connectivity index (χ1) is 12.0. The van der Waals surface area contributed by atoms with E-state index in [1.54, 1.807) is 12.1 Å². The maximum atomic E-state index is 12.3. The Bertz CT molecular complexity index is 648. The first-order valence-electron chi connectivity index (χ1n) is 8.69. The lowest BCUT2D eigenvalue weighted by Gasteiger charge is -2.29. The van der Waals surface area contributed by atoms with E-state index in [0.29, 0.717) is 12.8 Å². The fourth-order valence-electron chi connectivity index (χ4n) is 3.44. The number of para-hydroxylation sites is 1. The number of nitrogens with zero attached hydrogens (tertiary/aromatic N) is 1. The number of piperazine rings is 1. The number of carboxylic acid groups (broad SMARTS) is 1. The van der Waals surface area contributed by atoms with Crippen LogP contribution in [0.2, 0.25) is 5.82 Å². The van der Waals surface area contributed by atoms with Crippen molar-refractivity contribution in [3.05, 3.63) is 29.3 Å². The standard InChI is InChI=1S/C17H23BN2O5/c21-14(4-7-20-8-5-19-6-9-20)11-13-10-12-2-1-3-15(17(22)23)16(12)25-18(13)24/h1-3,13,19,24H,4-11H2,(H,22,23)/t13-/m1/s1. The molecule has 1 aromatic rings. The van der Waals surface area contributed by atoms with Gasteiger partial charge in [-0.2, -0.15) is 0 Å². The van der Waals surface area contributed by atoms with Crippen LogP contribution in [-0.2, 0) is 11.2 Å². The summed E-state index contributed by atoms with van der Waals surface area (Å²) < 4.78 is 5.44. The summed E-state index contributed by atoms with van der Waals surface area (Å²) in [7, 11) is -1.16. The molecule has 0 amide bonds. The minimum atomic E-state index is -1.16. The fourth-order valence-corrected chi connectivity index (χ4v) is 3.44. The first-order valence-corrected chi connectivity index (χ1v) is 8.69. The summed E-state index contributed by atoms with van der Waals surface area (Å²) in [5, 5.41) is 22.7. The van der Waals surface area contributed by atoms with E-state index in [4.69, 9.17) is 4.65 Å². The lowest BCUT2D eigenvalue weighted by Crippen LogP contribution is -2.44. The van der Waals surface area contributed by atoms with Crippen LogP contribution in [0.1, 0.15) is 28.8 Å². The molecule has 2 heterocycles. The lowest BCUT2D eigenvalue weighted by atomic mass is 9.64. The number of Topliss-reactive ketones (excluding diaryl/α,β-unsaturated/α-hetero) is 1. The van der Waals surface area contributed by atoms with Crippen LogP contribution in [0.3, 0.4) is 0 Å². The van der Waals surface area contributed by atoms with Gasteiger partial charge in [-0.15, -0.1) is 0 Å². The predicted molar refractivity (Wildman–Crippen MR) is 93.0 cm³/mol. The largest absolute Gasteiger partial charge is 0.535 e. The van der Waals surface area contributed by atoms with Crippen LogP contribution in [0.4, 0.5) is 0 Å². The Morgan fingerprint density at radius 2 is 2.08 bits per heavy atom. The van der Waals surface area contributed by atoms with Crippen molar-refractivity contribution in [1.29, 1.82) is 0 Å². The molecule has 1 aromatic carbocycles. The van der Waals surface area contributed by atoms with Gasteiger partial charge in [-0.05, 0) is 18.1 Å². The third-order valence-electron chi connectivity index (χ3n) is 4.86. The summed E-state index contributed by atoms with van der Waals surface area (Å²) in [6, 6.07) is 4.89. The minimum absolute atomic E-state index is 0.0417. The first kappa shape index (κ1) is 17.9. The van der Waals surface area contributed by atoms with E-state index in [1.165, 1.54) is 6.07 Å². The van der Waals surface area contributed by atoms with Gasteiger partial charge in [-0.1, -0.05) is 12.1 Å². The Morgan fingerprint density at radius 3 is 2.80 bits per heavy atom. The molecule has 3 N–H and O–H groups in total. The highest BCUT2D eigenvalue weighted by atomic mass is 16.5. The van der Waals surface area contributed by atoms with E-state index in [0.717, 1.165) is 38.3 Å². The average Bonchev–Trinajstić information content (AvgIpc) is 2.61. The molecule has 8 heteroatoms. The second-order valence-electron chi connectivity index (χ2n) is 6.66. The van der Waals surface area contributed by atoms with Crippen molar-refractivity contribution in [2.45, 2.75) is 25.1 Å². The fraction of sp³-hybridized carbons (Fsp3) is 0.529. The van der Waals surface area contributed by atoms with Gasteiger partial charge in [0.2, 0.25) is 0 Å². The molecule has 2 aliphatic heterocycles. The van der Waals surface area contributed by atoms with Crippen molar-refractivity contribution in [2.24, 2.45) is 0 Å². The van der Waals surface area contributed by atoms with Gasteiger partial charge >= 0.3 is 13.1 Å². The second-order valence-corrected chi connectivity index (χ2v) is 6.66. The molecule has 0 bridgehead atoms. The molecule has 1 saturated heterocycles. The Hall–Kier alpha value is -1.90. The highest BCUT2D eigenvalue weighted by Gasteiger charge is 2.37. The van der Waals surface area contributed by atoms with E-state index < -0.39 is 13.1 Å². The number of carboxylic acids is 1. The summed E-state index contributed by atoms with van der Waals surface area (Å²) in [6.07, 6.45) is 1.15. The monoisotopic (exact) mass is 346 g/mol. The molecule has 2 aliphatic rings. The molecule has 0 spiro atoms. The highest BCUT2D eigenvalue weighted by molar-refractivity contribution is 6.47. The number of aromatic carboxylic acids is 1. The van der Waals surface area contributed by atoms with Crippen molar-refractivity contribution in [3.63, 3.8) is 0 Å². The van der Waals surface area contributed by atoms with E-state index in [2.05, 4.69) is 10.2 Å². The zero-order valence-corrected chi connectivity index (χ0v) is 14.1. The number of carbonyl (C=O) groups is 2. The number of nitrogens with one attached hydrogen (secondary N) is 1. The van der Waals surface area contributed by atoms with Crippen LogP contribution in [0.25, 0.3) is 0 Å². The number of hydrogen-bond acceptors (Lipinski definition) is 6. The SMILES string of the molecule is O=C(CCN1CCNCC1)C[C@H]1Cc2cccc(C(=O)O)c2OB1O. The Balaban J connectivity index is 1.57. The summed E-state index contributed by atoms with van der Waals surface area (Å²) in [5.41, 5.74) is 0.769. The van der Waals surface area contributed by atoms with Gasteiger partial charge in [0.05, 0.1) is 5.56 Å². The second kappa shape index (κ2) is 7.99. The van der Waals surface area contributed by atoms with Gasteiger partial charge in [0.25, 0.3) is 0 Å². The zero-order chi connectivity index (χ0) is 17.8. The van der Waals surface area contributed by atoms with Gasteiger partial charge < -0.3 is 25.0 Å². The van der Waals surface area contributed by atoms with E-state index in [1.807, 2.05) is 0 Å². The molecule has 0 aliphatic carbocycles. The number of hydrogen-bond donors (Lipinski definition) is 3.